The van der Waals surface area contributed by atoms with Crippen LogP contribution >= 0.6 is 11.6 Å². The quantitative estimate of drug-likeness (QED) is 0.731. The van der Waals surface area contributed by atoms with E-state index in [0.29, 0.717) is 32.0 Å². The number of nitrogens with one attached hydrogen (secondary N) is 1. The average Bonchev–Trinajstić information content (AvgIpc) is 2.68. The van der Waals surface area contributed by atoms with Crippen LogP contribution in [0.3, 0.4) is 0 Å². The van der Waals surface area contributed by atoms with Crippen molar-refractivity contribution < 1.29 is 27.8 Å². The van der Waals surface area contributed by atoms with Crippen molar-refractivity contribution >= 4 is 39.0 Å². The van der Waals surface area contributed by atoms with Gasteiger partial charge < -0.3 is 19.5 Å². The average molecular weight is 427 g/mol. The summed E-state index contributed by atoms with van der Waals surface area (Å²) >= 11 is 5.92. The van der Waals surface area contributed by atoms with Crippen LogP contribution < -0.4 is 14.4 Å². The van der Waals surface area contributed by atoms with E-state index >= 15 is 0 Å². The smallest absolute Gasteiger partial charge is 0.337 e. The maximum atomic E-state index is 12.8. The number of hydrogen-bond acceptors (Lipinski definition) is 6. The molecule has 0 aliphatic carbocycles. The van der Waals surface area contributed by atoms with E-state index in [0.717, 1.165) is 0 Å². The molecular formula is C18H19ClN2O6S. The van der Waals surface area contributed by atoms with Gasteiger partial charge in [-0.2, -0.15) is 0 Å². The van der Waals surface area contributed by atoms with Crippen molar-refractivity contribution in [1.29, 1.82) is 0 Å². The number of methoxy groups -OCH3 is 1. The zero-order valence-corrected chi connectivity index (χ0v) is 16.6. The van der Waals surface area contributed by atoms with Crippen LogP contribution in [-0.4, -0.2) is 52.9 Å². The first kappa shape index (κ1) is 20.2. The maximum absolute atomic E-state index is 12.8. The highest BCUT2D eigenvalue weighted by Gasteiger charge is 2.23. The Morgan fingerprint density at radius 2 is 1.93 bits per heavy atom. The van der Waals surface area contributed by atoms with Crippen LogP contribution in [0.25, 0.3) is 0 Å². The Kier molecular flexibility index (Phi) is 5.97. The number of carboxylic acids is 1. The molecule has 0 spiro atoms. The molecule has 150 valence electrons. The van der Waals surface area contributed by atoms with Crippen molar-refractivity contribution in [2.24, 2.45) is 0 Å². The zero-order chi connectivity index (χ0) is 20.3. The largest absolute Gasteiger partial charge is 0.495 e. The van der Waals surface area contributed by atoms with E-state index in [4.69, 9.17) is 21.1 Å². The number of sulfonamides is 1. The molecule has 2 aromatic carbocycles. The molecule has 0 radical (unpaired) electrons. The lowest BCUT2D eigenvalue weighted by molar-refractivity contribution is 0.0696. The molecule has 0 saturated carbocycles. The summed E-state index contributed by atoms with van der Waals surface area (Å²) in [5.74, 6) is -1.02. The van der Waals surface area contributed by atoms with Crippen LogP contribution in [0, 0.1) is 0 Å². The fourth-order valence-corrected chi connectivity index (χ4v) is 4.40. The SMILES string of the molecule is COc1ccc(Cl)cc1S(=O)(=O)Nc1ccc(N2CCOCC2)c(C(=O)O)c1. The third-order valence-electron chi connectivity index (χ3n) is 4.25. The minimum absolute atomic E-state index is 0.000147. The van der Waals surface area contributed by atoms with E-state index in [-0.39, 0.29) is 26.9 Å². The monoisotopic (exact) mass is 426 g/mol. The Bertz CT molecular complexity index is 990. The topological polar surface area (TPSA) is 105 Å². The van der Waals surface area contributed by atoms with Crippen LogP contribution in [0.4, 0.5) is 11.4 Å². The summed E-state index contributed by atoms with van der Waals surface area (Å²) in [6, 6.07) is 8.62. The van der Waals surface area contributed by atoms with Gasteiger partial charge in [0.1, 0.15) is 10.6 Å². The number of benzene rings is 2. The number of ether oxygens (including phenoxy) is 2. The van der Waals surface area contributed by atoms with Gasteiger partial charge in [0.05, 0.1) is 31.6 Å². The molecule has 1 heterocycles. The number of carbonyl (C=O) groups is 1. The van der Waals surface area contributed by atoms with E-state index in [1.54, 1.807) is 6.07 Å². The Labute approximate surface area is 167 Å². The van der Waals surface area contributed by atoms with Gasteiger partial charge in [-0.25, -0.2) is 13.2 Å². The molecule has 10 heteroatoms. The summed E-state index contributed by atoms with van der Waals surface area (Å²) < 4.78 is 38.3. The van der Waals surface area contributed by atoms with E-state index in [1.807, 2.05) is 4.90 Å². The summed E-state index contributed by atoms with van der Waals surface area (Å²) in [5, 5.41) is 9.81. The Morgan fingerprint density at radius 3 is 2.57 bits per heavy atom. The molecule has 2 aromatic rings. The van der Waals surface area contributed by atoms with Gasteiger partial charge in [0.2, 0.25) is 0 Å². The first-order chi connectivity index (χ1) is 13.3. The van der Waals surface area contributed by atoms with Gasteiger partial charge in [-0.15, -0.1) is 0 Å². The second-order valence-corrected chi connectivity index (χ2v) is 8.12. The normalized spacial score (nSPS) is 14.6. The van der Waals surface area contributed by atoms with Gasteiger partial charge in [0.25, 0.3) is 10.0 Å². The molecular weight excluding hydrogens is 408 g/mol. The van der Waals surface area contributed by atoms with Crippen LogP contribution in [0.15, 0.2) is 41.3 Å². The number of carboxylic acid groups (broad SMARTS) is 1. The number of halogens is 1. The van der Waals surface area contributed by atoms with Crippen molar-refractivity contribution in [1.82, 2.24) is 0 Å². The van der Waals surface area contributed by atoms with Crippen molar-refractivity contribution in [3.05, 3.63) is 47.0 Å². The van der Waals surface area contributed by atoms with Gasteiger partial charge in [-0.05, 0) is 36.4 Å². The first-order valence-electron chi connectivity index (χ1n) is 8.38. The van der Waals surface area contributed by atoms with Crippen molar-refractivity contribution in [2.75, 3.05) is 43.0 Å². The Hall–Kier alpha value is -2.49. The second-order valence-electron chi connectivity index (χ2n) is 6.04. The van der Waals surface area contributed by atoms with Gasteiger partial charge in [0, 0.05) is 23.8 Å². The number of rotatable bonds is 6. The molecule has 0 unspecified atom stereocenters. The maximum Gasteiger partial charge on any atom is 0.337 e. The standard InChI is InChI=1S/C18H19ClN2O6S/c1-26-16-5-2-12(19)10-17(16)28(24,25)20-13-3-4-15(14(11-13)18(22)23)21-6-8-27-9-7-21/h2-5,10-11,20H,6-9H2,1H3,(H,22,23). The van der Waals surface area contributed by atoms with Gasteiger partial charge in [-0.1, -0.05) is 11.6 Å². The molecule has 1 saturated heterocycles. The van der Waals surface area contributed by atoms with Crippen molar-refractivity contribution in [2.45, 2.75) is 4.90 Å². The highest BCUT2D eigenvalue weighted by atomic mass is 35.5. The number of nitrogens with zero attached hydrogens (tertiary/aromatic N) is 1. The zero-order valence-electron chi connectivity index (χ0n) is 15.0. The lowest BCUT2D eigenvalue weighted by Gasteiger charge is -2.30. The van der Waals surface area contributed by atoms with Gasteiger partial charge in [0.15, 0.2) is 0 Å². The molecule has 3 rings (SSSR count). The lowest BCUT2D eigenvalue weighted by Crippen LogP contribution is -2.37. The Balaban J connectivity index is 1.95. The molecule has 0 bridgehead atoms. The van der Waals surface area contributed by atoms with Gasteiger partial charge >= 0.3 is 5.97 Å². The second kappa shape index (κ2) is 8.26. The molecule has 0 aromatic heterocycles. The van der Waals surface area contributed by atoms with E-state index in [1.165, 1.54) is 37.4 Å². The molecule has 0 atom stereocenters. The molecule has 28 heavy (non-hydrogen) atoms. The summed E-state index contributed by atoms with van der Waals surface area (Å²) in [4.78, 5) is 13.5. The number of morpholine rings is 1. The predicted molar refractivity (Wildman–Crippen MR) is 105 cm³/mol. The van der Waals surface area contributed by atoms with Crippen molar-refractivity contribution in [3.63, 3.8) is 0 Å². The summed E-state index contributed by atoms with van der Waals surface area (Å²) in [6.45, 7) is 2.13. The Morgan fingerprint density at radius 1 is 1.21 bits per heavy atom. The molecule has 8 nitrogen and oxygen atoms in total. The van der Waals surface area contributed by atoms with Gasteiger partial charge in [-0.3, -0.25) is 4.72 Å². The van der Waals surface area contributed by atoms with Crippen LogP contribution in [0.1, 0.15) is 10.4 Å². The van der Waals surface area contributed by atoms with Crippen LogP contribution in [0.2, 0.25) is 5.02 Å². The molecule has 0 amide bonds. The number of anilines is 2. The number of aromatic carboxylic acids is 1. The highest BCUT2D eigenvalue weighted by molar-refractivity contribution is 7.92. The van der Waals surface area contributed by atoms with E-state index in [2.05, 4.69) is 4.72 Å². The van der Waals surface area contributed by atoms with E-state index < -0.39 is 16.0 Å². The molecule has 2 N–H and O–H groups in total. The summed E-state index contributed by atoms with van der Waals surface area (Å²) in [6.07, 6.45) is 0. The third-order valence-corrected chi connectivity index (χ3v) is 5.88. The molecule has 1 fully saturated rings. The van der Waals surface area contributed by atoms with Crippen LogP contribution in [-0.2, 0) is 14.8 Å². The number of hydrogen-bond donors (Lipinski definition) is 2. The summed E-state index contributed by atoms with van der Waals surface area (Å²) in [7, 11) is -2.70. The van der Waals surface area contributed by atoms with Crippen molar-refractivity contribution in [3.8, 4) is 5.75 Å². The van der Waals surface area contributed by atoms with Crippen LogP contribution in [0.5, 0.6) is 5.75 Å². The lowest BCUT2D eigenvalue weighted by atomic mass is 10.1. The summed E-state index contributed by atoms with van der Waals surface area (Å²) in [5.41, 5.74) is 0.635. The third kappa shape index (κ3) is 4.32. The minimum Gasteiger partial charge on any atom is -0.495 e. The molecule has 1 aliphatic heterocycles. The first-order valence-corrected chi connectivity index (χ1v) is 10.2. The minimum atomic E-state index is -4.04. The highest BCUT2D eigenvalue weighted by Crippen LogP contribution is 2.30. The fraction of sp³-hybridized carbons (Fsp3) is 0.278. The predicted octanol–water partition coefficient (Wildman–Crippen LogP) is 2.68. The fourth-order valence-electron chi connectivity index (χ4n) is 2.92. The molecule has 1 aliphatic rings. The van der Waals surface area contributed by atoms with E-state index in [9.17, 15) is 18.3 Å².